The smallest absolute Gasteiger partial charge is 0.231 e. The third kappa shape index (κ3) is 2.75. The summed E-state index contributed by atoms with van der Waals surface area (Å²) in [6.45, 7) is 0.295. The second-order valence-electron chi connectivity index (χ2n) is 6.83. The molecule has 2 heterocycles. The van der Waals surface area contributed by atoms with Crippen LogP contribution in [-0.4, -0.2) is 40.6 Å². The molecule has 1 atom stereocenters. The van der Waals surface area contributed by atoms with Crippen molar-refractivity contribution in [2.45, 2.75) is 44.2 Å². The SMILES string of the molecule is CN(C)C(c1ccc2c(c1)OCO2)c1ncnn1C1CCCCC1. The van der Waals surface area contributed by atoms with E-state index in [1.165, 1.54) is 32.1 Å². The Kier molecular flexibility index (Phi) is 4.14. The Hall–Kier alpha value is -2.08. The zero-order chi connectivity index (χ0) is 16.5. The van der Waals surface area contributed by atoms with E-state index < -0.39 is 0 Å². The average Bonchev–Trinajstić information content (AvgIpc) is 3.24. The van der Waals surface area contributed by atoms with Crippen LogP contribution in [0.15, 0.2) is 24.5 Å². The third-order valence-electron chi connectivity index (χ3n) is 4.99. The van der Waals surface area contributed by atoms with Crippen LogP contribution in [0.25, 0.3) is 0 Å². The average molecular weight is 328 g/mol. The van der Waals surface area contributed by atoms with Crippen molar-refractivity contribution in [3.05, 3.63) is 35.9 Å². The summed E-state index contributed by atoms with van der Waals surface area (Å²) < 4.78 is 13.1. The zero-order valence-corrected chi connectivity index (χ0v) is 14.3. The fourth-order valence-corrected chi connectivity index (χ4v) is 3.82. The van der Waals surface area contributed by atoms with Crippen LogP contribution in [0.5, 0.6) is 11.5 Å². The molecule has 6 heteroatoms. The standard InChI is InChI=1S/C18H24N4O2/c1-21(2)17(13-8-9-15-16(10-13)24-12-23-15)18-19-11-20-22(18)14-6-4-3-5-7-14/h8-11,14,17H,3-7,12H2,1-2H3. The molecule has 2 aromatic rings. The molecule has 1 aliphatic heterocycles. The van der Waals surface area contributed by atoms with E-state index in [0.29, 0.717) is 12.8 Å². The van der Waals surface area contributed by atoms with Crippen LogP contribution in [0.3, 0.4) is 0 Å². The highest BCUT2D eigenvalue weighted by Crippen LogP contribution is 2.38. The first-order chi connectivity index (χ1) is 11.7. The molecule has 24 heavy (non-hydrogen) atoms. The number of benzene rings is 1. The minimum atomic E-state index is 0.0453. The van der Waals surface area contributed by atoms with Gasteiger partial charge in [0.1, 0.15) is 12.2 Å². The zero-order valence-electron chi connectivity index (χ0n) is 14.3. The number of nitrogens with zero attached hydrogens (tertiary/aromatic N) is 4. The fraction of sp³-hybridized carbons (Fsp3) is 0.556. The van der Waals surface area contributed by atoms with E-state index in [-0.39, 0.29) is 6.04 Å². The van der Waals surface area contributed by atoms with Crippen molar-refractivity contribution in [1.82, 2.24) is 19.7 Å². The summed E-state index contributed by atoms with van der Waals surface area (Å²) in [4.78, 5) is 6.80. The van der Waals surface area contributed by atoms with Crippen molar-refractivity contribution in [3.63, 3.8) is 0 Å². The summed E-state index contributed by atoms with van der Waals surface area (Å²) in [5.74, 6) is 2.62. The van der Waals surface area contributed by atoms with Gasteiger partial charge in [0, 0.05) is 0 Å². The van der Waals surface area contributed by atoms with Crippen molar-refractivity contribution in [2.24, 2.45) is 0 Å². The van der Waals surface area contributed by atoms with Gasteiger partial charge < -0.3 is 9.47 Å². The Bertz CT molecular complexity index is 707. The van der Waals surface area contributed by atoms with Crippen LogP contribution in [-0.2, 0) is 0 Å². The Balaban J connectivity index is 1.70. The predicted molar refractivity (Wildman–Crippen MR) is 90.2 cm³/mol. The first-order valence-electron chi connectivity index (χ1n) is 8.69. The molecular formula is C18H24N4O2. The molecule has 0 bridgehead atoms. The maximum atomic E-state index is 5.55. The molecule has 1 aromatic carbocycles. The molecule has 0 radical (unpaired) electrons. The van der Waals surface area contributed by atoms with E-state index in [0.717, 1.165) is 22.9 Å². The molecule has 4 rings (SSSR count). The third-order valence-corrected chi connectivity index (χ3v) is 4.99. The van der Waals surface area contributed by atoms with Crippen molar-refractivity contribution in [2.75, 3.05) is 20.9 Å². The van der Waals surface area contributed by atoms with Crippen molar-refractivity contribution >= 4 is 0 Å². The molecule has 0 amide bonds. The van der Waals surface area contributed by atoms with Gasteiger partial charge in [0.05, 0.1) is 12.1 Å². The Morgan fingerprint density at radius 2 is 1.92 bits per heavy atom. The molecule has 0 N–H and O–H groups in total. The number of ether oxygens (including phenoxy) is 2. The lowest BCUT2D eigenvalue weighted by Gasteiger charge is -2.29. The molecular weight excluding hydrogens is 304 g/mol. The summed E-state index contributed by atoms with van der Waals surface area (Å²) in [6, 6.07) is 6.65. The van der Waals surface area contributed by atoms with Crippen LogP contribution in [0.2, 0.25) is 0 Å². The van der Waals surface area contributed by atoms with Gasteiger partial charge in [-0.25, -0.2) is 9.67 Å². The van der Waals surface area contributed by atoms with Crippen LogP contribution in [0.1, 0.15) is 55.6 Å². The summed E-state index contributed by atoms with van der Waals surface area (Å²) in [5, 5.41) is 4.56. The topological polar surface area (TPSA) is 52.4 Å². The quantitative estimate of drug-likeness (QED) is 0.863. The molecule has 0 saturated heterocycles. The van der Waals surface area contributed by atoms with Crippen LogP contribution in [0.4, 0.5) is 0 Å². The van der Waals surface area contributed by atoms with Gasteiger partial charge in [-0.2, -0.15) is 5.10 Å². The van der Waals surface area contributed by atoms with E-state index in [1.54, 1.807) is 6.33 Å². The van der Waals surface area contributed by atoms with Crippen molar-refractivity contribution < 1.29 is 9.47 Å². The number of hydrogen-bond acceptors (Lipinski definition) is 5. The van der Waals surface area contributed by atoms with E-state index in [4.69, 9.17) is 9.47 Å². The van der Waals surface area contributed by atoms with Crippen LogP contribution >= 0.6 is 0 Å². The summed E-state index contributed by atoms with van der Waals surface area (Å²) in [5.41, 5.74) is 1.15. The molecule has 128 valence electrons. The Morgan fingerprint density at radius 3 is 2.71 bits per heavy atom. The molecule has 1 saturated carbocycles. The normalized spacial score (nSPS) is 19.0. The van der Waals surface area contributed by atoms with E-state index in [9.17, 15) is 0 Å². The Morgan fingerprint density at radius 1 is 1.12 bits per heavy atom. The largest absolute Gasteiger partial charge is 0.454 e. The summed E-state index contributed by atoms with van der Waals surface area (Å²) in [7, 11) is 4.16. The molecule has 1 aromatic heterocycles. The van der Waals surface area contributed by atoms with Gasteiger partial charge in [-0.1, -0.05) is 25.3 Å². The highest BCUT2D eigenvalue weighted by atomic mass is 16.7. The van der Waals surface area contributed by atoms with Gasteiger partial charge in [0.15, 0.2) is 11.5 Å². The summed E-state index contributed by atoms with van der Waals surface area (Å²) in [6.07, 6.45) is 7.96. The van der Waals surface area contributed by atoms with Gasteiger partial charge in [0.2, 0.25) is 6.79 Å². The van der Waals surface area contributed by atoms with Gasteiger partial charge >= 0.3 is 0 Å². The molecule has 2 aliphatic rings. The van der Waals surface area contributed by atoms with Crippen LogP contribution in [0, 0.1) is 0 Å². The molecule has 0 spiro atoms. The number of hydrogen-bond donors (Lipinski definition) is 0. The van der Waals surface area contributed by atoms with E-state index >= 15 is 0 Å². The molecule has 1 unspecified atom stereocenters. The van der Waals surface area contributed by atoms with Crippen molar-refractivity contribution in [3.8, 4) is 11.5 Å². The fourth-order valence-electron chi connectivity index (χ4n) is 3.82. The van der Waals surface area contributed by atoms with Crippen molar-refractivity contribution in [1.29, 1.82) is 0 Å². The maximum absolute atomic E-state index is 5.55. The molecule has 1 fully saturated rings. The lowest BCUT2D eigenvalue weighted by Crippen LogP contribution is -2.27. The maximum Gasteiger partial charge on any atom is 0.231 e. The van der Waals surface area contributed by atoms with Gasteiger partial charge in [0.25, 0.3) is 0 Å². The highest BCUT2D eigenvalue weighted by Gasteiger charge is 2.28. The lowest BCUT2D eigenvalue weighted by atomic mass is 9.95. The second kappa shape index (κ2) is 6.43. The highest BCUT2D eigenvalue weighted by molar-refractivity contribution is 5.46. The minimum absolute atomic E-state index is 0.0453. The van der Waals surface area contributed by atoms with E-state index in [2.05, 4.69) is 45.9 Å². The van der Waals surface area contributed by atoms with E-state index in [1.807, 2.05) is 6.07 Å². The number of fused-ring (bicyclic) bond motifs is 1. The van der Waals surface area contributed by atoms with Gasteiger partial charge in [-0.15, -0.1) is 0 Å². The monoisotopic (exact) mass is 328 g/mol. The second-order valence-corrected chi connectivity index (χ2v) is 6.83. The number of aromatic nitrogens is 3. The van der Waals surface area contributed by atoms with Gasteiger partial charge in [-0.05, 0) is 44.6 Å². The molecule has 1 aliphatic carbocycles. The molecule has 6 nitrogen and oxygen atoms in total. The first kappa shape index (κ1) is 15.4. The summed E-state index contributed by atoms with van der Waals surface area (Å²) >= 11 is 0. The van der Waals surface area contributed by atoms with Crippen LogP contribution < -0.4 is 9.47 Å². The number of rotatable bonds is 4. The minimum Gasteiger partial charge on any atom is -0.454 e. The Labute approximate surface area is 142 Å². The first-order valence-corrected chi connectivity index (χ1v) is 8.69. The van der Waals surface area contributed by atoms with Gasteiger partial charge in [-0.3, -0.25) is 4.90 Å². The predicted octanol–water partition coefficient (Wildman–Crippen LogP) is 3.16. The lowest BCUT2D eigenvalue weighted by molar-refractivity contribution is 0.174.